The number of nitrogens with one attached hydrogen (secondary N) is 1. The maximum absolute atomic E-state index is 10.8. The normalized spacial score (nSPS) is 8.44. The summed E-state index contributed by atoms with van der Waals surface area (Å²) >= 11 is 0. The van der Waals surface area contributed by atoms with E-state index in [0.717, 1.165) is 12.5 Å². The number of hydrogen-bond donors (Lipinski definition) is 2. The van der Waals surface area contributed by atoms with Crippen LogP contribution in [0.4, 0.5) is 0 Å². The molecule has 18 heavy (non-hydrogen) atoms. The number of hydrogen-bond acceptors (Lipinski definition) is 2. The molecular formula is C14H18N2O2. The summed E-state index contributed by atoms with van der Waals surface area (Å²) < 4.78 is 0. The number of rotatable bonds is 5. The fourth-order valence-corrected chi connectivity index (χ4v) is 1.05. The van der Waals surface area contributed by atoms with Crippen molar-refractivity contribution in [2.24, 2.45) is 5.73 Å². The van der Waals surface area contributed by atoms with Gasteiger partial charge in [0.2, 0.25) is 11.8 Å². The van der Waals surface area contributed by atoms with Crippen LogP contribution < -0.4 is 11.1 Å². The summed E-state index contributed by atoms with van der Waals surface area (Å²) in [6.45, 7) is 7.12. The standard InChI is InChI=1S/C11H13NO.C3H5NO/c1-2-11(13)12-9-8-10-6-4-3-5-7-10;1-2-3(4)5/h2-7H,1,8-9H2,(H,12,13);2H,1H2,(H2,4,5). The minimum absolute atomic E-state index is 0.115. The van der Waals surface area contributed by atoms with Crippen molar-refractivity contribution < 1.29 is 9.59 Å². The maximum Gasteiger partial charge on any atom is 0.243 e. The van der Waals surface area contributed by atoms with Gasteiger partial charge in [0.05, 0.1) is 0 Å². The van der Waals surface area contributed by atoms with Crippen molar-refractivity contribution in [3.8, 4) is 0 Å². The Labute approximate surface area is 107 Å². The van der Waals surface area contributed by atoms with Crippen LogP contribution in [0.3, 0.4) is 0 Å². The molecule has 0 atom stereocenters. The molecule has 1 rings (SSSR count). The maximum atomic E-state index is 10.8. The van der Waals surface area contributed by atoms with Gasteiger partial charge in [-0.05, 0) is 24.1 Å². The molecule has 0 bridgehead atoms. The molecular weight excluding hydrogens is 228 g/mol. The van der Waals surface area contributed by atoms with Crippen LogP contribution in [-0.2, 0) is 16.0 Å². The van der Waals surface area contributed by atoms with Gasteiger partial charge >= 0.3 is 0 Å². The topological polar surface area (TPSA) is 72.2 Å². The lowest BCUT2D eigenvalue weighted by Crippen LogP contribution is -2.23. The summed E-state index contributed by atoms with van der Waals surface area (Å²) in [5.41, 5.74) is 5.76. The molecule has 0 aromatic heterocycles. The zero-order valence-electron chi connectivity index (χ0n) is 10.3. The Morgan fingerprint density at radius 2 is 1.72 bits per heavy atom. The van der Waals surface area contributed by atoms with Crippen LogP contribution in [-0.4, -0.2) is 18.4 Å². The van der Waals surface area contributed by atoms with Gasteiger partial charge in [-0.1, -0.05) is 43.5 Å². The van der Waals surface area contributed by atoms with Gasteiger partial charge in [-0.3, -0.25) is 9.59 Å². The highest BCUT2D eigenvalue weighted by Gasteiger charge is 1.93. The first-order valence-corrected chi connectivity index (χ1v) is 5.46. The lowest BCUT2D eigenvalue weighted by Gasteiger charge is -2.01. The van der Waals surface area contributed by atoms with Crippen molar-refractivity contribution in [1.29, 1.82) is 0 Å². The van der Waals surface area contributed by atoms with Gasteiger partial charge in [0, 0.05) is 6.54 Å². The zero-order valence-corrected chi connectivity index (χ0v) is 10.3. The Balaban J connectivity index is 0.000000494. The van der Waals surface area contributed by atoms with Crippen molar-refractivity contribution in [2.75, 3.05) is 6.54 Å². The van der Waals surface area contributed by atoms with Gasteiger partial charge < -0.3 is 11.1 Å². The third-order valence-corrected chi connectivity index (χ3v) is 1.94. The number of nitrogens with two attached hydrogens (primary N) is 1. The molecule has 0 aliphatic rings. The highest BCUT2D eigenvalue weighted by atomic mass is 16.1. The van der Waals surface area contributed by atoms with E-state index in [9.17, 15) is 9.59 Å². The number of carbonyl (C=O) groups excluding carboxylic acids is 2. The molecule has 4 nitrogen and oxygen atoms in total. The summed E-state index contributed by atoms with van der Waals surface area (Å²) in [4.78, 5) is 20.2. The van der Waals surface area contributed by atoms with E-state index in [1.807, 2.05) is 30.3 Å². The van der Waals surface area contributed by atoms with Crippen molar-refractivity contribution in [1.82, 2.24) is 5.32 Å². The van der Waals surface area contributed by atoms with Crippen LogP contribution in [0.2, 0.25) is 0 Å². The molecule has 0 heterocycles. The molecule has 0 spiro atoms. The van der Waals surface area contributed by atoms with Gasteiger partial charge in [-0.2, -0.15) is 0 Å². The highest BCUT2D eigenvalue weighted by molar-refractivity contribution is 5.86. The number of amides is 2. The molecule has 96 valence electrons. The Morgan fingerprint density at radius 1 is 1.17 bits per heavy atom. The second kappa shape index (κ2) is 9.84. The monoisotopic (exact) mass is 246 g/mol. The van der Waals surface area contributed by atoms with Gasteiger partial charge in [-0.15, -0.1) is 0 Å². The molecule has 1 aromatic rings. The quantitative estimate of drug-likeness (QED) is 0.766. The van der Waals surface area contributed by atoms with E-state index >= 15 is 0 Å². The fraction of sp³-hybridized carbons (Fsp3) is 0.143. The van der Waals surface area contributed by atoms with Crippen LogP contribution in [0.25, 0.3) is 0 Å². The molecule has 0 aliphatic heterocycles. The summed E-state index contributed by atoms with van der Waals surface area (Å²) in [5.74, 6) is -0.596. The van der Waals surface area contributed by atoms with Crippen molar-refractivity contribution in [3.05, 3.63) is 61.2 Å². The van der Waals surface area contributed by atoms with Crippen molar-refractivity contribution >= 4 is 11.8 Å². The molecule has 0 saturated heterocycles. The van der Waals surface area contributed by atoms with E-state index in [2.05, 4.69) is 24.2 Å². The molecule has 0 aliphatic carbocycles. The Kier molecular flexibility index (Phi) is 8.55. The van der Waals surface area contributed by atoms with Gasteiger partial charge in [0.15, 0.2) is 0 Å². The minimum atomic E-state index is -0.481. The summed E-state index contributed by atoms with van der Waals surface area (Å²) in [6, 6.07) is 10.0. The SMILES string of the molecule is C=CC(=O)NCCc1ccccc1.C=CC(N)=O. The van der Waals surface area contributed by atoms with Gasteiger partial charge in [0.25, 0.3) is 0 Å². The number of benzene rings is 1. The average Bonchev–Trinajstić information content (AvgIpc) is 2.40. The Bertz CT molecular complexity index is 400. The molecule has 0 unspecified atom stereocenters. The number of carbonyl (C=O) groups is 2. The first-order chi connectivity index (χ1) is 8.60. The lowest BCUT2D eigenvalue weighted by molar-refractivity contribution is -0.116. The molecule has 4 heteroatoms. The first-order valence-electron chi connectivity index (χ1n) is 5.46. The predicted molar refractivity (Wildman–Crippen MR) is 72.7 cm³/mol. The fourth-order valence-electron chi connectivity index (χ4n) is 1.05. The third-order valence-electron chi connectivity index (χ3n) is 1.94. The van der Waals surface area contributed by atoms with E-state index in [1.165, 1.54) is 11.6 Å². The van der Waals surface area contributed by atoms with E-state index in [4.69, 9.17) is 0 Å². The molecule has 2 amide bonds. The third kappa shape index (κ3) is 8.91. The van der Waals surface area contributed by atoms with E-state index < -0.39 is 5.91 Å². The van der Waals surface area contributed by atoms with Crippen LogP contribution in [0, 0.1) is 0 Å². The summed E-state index contributed by atoms with van der Waals surface area (Å²) in [5, 5.41) is 2.72. The lowest BCUT2D eigenvalue weighted by atomic mass is 10.1. The van der Waals surface area contributed by atoms with E-state index in [-0.39, 0.29) is 5.91 Å². The molecule has 0 radical (unpaired) electrons. The minimum Gasteiger partial charge on any atom is -0.366 e. The van der Waals surface area contributed by atoms with E-state index in [0.29, 0.717) is 6.54 Å². The van der Waals surface area contributed by atoms with Crippen molar-refractivity contribution in [3.63, 3.8) is 0 Å². The molecule has 0 fully saturated rings. The Hall–Kier alpha value is -2.36. The number of primary amides is 1. The molecule has 0 saturated carbocycles. The predicted octanol–water partition coefficient (Wildman–Crippen LogP) is 1.19. The van der Waals surface area contributed by atoms with Crippen molar-refractivity contribution in [2.45, 2.75) is 6.42 Å². The second-order valence-corrected chi connectivity index (χ2v) is 3.34. The largest absolute Gasteiger partial charge is 0.366 e. The zero-order chi connectivity index (χ0) is 13.8. The van der Waals surface area contributed by atoms with Gasteiger partial charge in [0.1, 0.15) is 0 Å². The summed E-state index contributed by atoms with van der Waals surface area (Å²) in [6.07, 6.45) is 3.20. The van der Waals surface area contributed by atoms with Crippen LogP contribution in [0.5, 0.6) is 0 Å². The van der Waals surface area contributed by atoms with E-state index in [1.54, 1.807) is 0 Å². The second-order valence-electron chi connectivity index (χ2n) is 3.34. The summed E-state index contributed by atoms with van der Waals surface area (Å²) in [7, 11) is 0. The highest BCUT2D eigenvalue weighted by Crippen LogP contribution is 1.97. The Morgan fingerprint density at radius 3 is 2.17 bits per heavy atom. The average molecular weight is 246 g/mol. The van der Waals surface area contributed by atoms with Crippen LogP contribution >= 0.6 is 0 Å². The molecule has 1 aromatic carbocycles. The van der Waals surface area contributed by atoms with Gasteiger partial charge in [-0.25, -0.2) is 0 Å². The molecule has 3 N–H and O–H groups in total. The first kappa shape index (κ1) is 15.6. The van der Waals surface area contributed by atoms with Crippen LogP contribution in [0.15, 0.2) is 55.6 Å². The smallest absolute Gasteiger partial charge is 0.243 e. The van der Waals surface area contributed by atoms with Crippen LogP contribution in [0.1, 0.15) is 5.56 Å².